The Kier molecular flexibility index (Phi) is 6.55. The zero-order valence-electron chi connectivity index (χ0n) is 10.2. The molecule has 0 aliphatic heterocycles. The van der Waals surface area contributed by atoms with E-state index < -0.39 is 5.91 Å². The highest BCUT2D eigenvalue weighted by atomic mass is 35.5. The number of pyridine rings is 1. The number of nitrogens with one attached hydrogen (secondary N) is 2. The number of ether oxygens (including phenoxy) is 1. The van der Waals surface area contributed by atoms with Crippen LogP contribution in [0, 0.1) is 0 Å². The molecule has 0 saturated carbocycles. The topological polar surface area (TPSA) is 80.3 Å². The Morgan fingerprint density at radius 2 is 2.11 bits per heavy atom. The summed E-state index contributed by atoms with van der Waals surface area (Å²) >= 11 is 11.5. The van der Waals surface area contributed by atoms with Gasteiger partial charge in [0.05, 0.1) is 23.7 Å². The number of aromatic nitrogens is 1. The fraction of sp³-hybridized carbons (Fsp3) is 0.364. The van der Waals surface area contributed by atoms with Crippen molar-refractivity contribution in [3.05, 3.63) is 28.0 Å². The van der Waals surface area contributed by atoms with Gasteiger partial charge in [-0.2, -0.15) is 0 Å². The van der Waals surface area contributed by atoms with Crippen molar-refractivity contribution in [2.75, 3.05) is 26.8 Å². The van der Waals surface area contributed by atoms with Crippen molar-refractivity contribution >= 4 is 35.0 Å². The van der Waals surface area contributed by atoms with Crippen LogP contribution in [0.1, 0.15) is 10.4 Å². The second kappa shape index (κ2) is 7.93. The van der Waals surface area contributed by atoms with Crippen LogP contribution in [-0.2, 0) is 9.53 Å². The Hall–Kier alpha value is -1.37. The number of carbonyl (C=O) groups excluding carboxylic acids is 2. The predicted octanol–water partition coefficient (Wildman–Crippen LogP) is 0.881. The Balaban J connectivity index is 2.47. The summed E-state index contributed by atoms with van der Waals surface area (Å²) in [6.45, 7) is 0.636. The molecule has 1 aromatic rings. The summed E-state index contributed by atoms with van der Waals surface area (Å²) in [5, 5.41) is 5.32. The quantitative estimate of drug-likeness (QED) is 0.604. The maximum absolute atomic E-state index is 11.8. The van der Waals surface area contributed by atoms with Gasteiger partial charge in [0.25, 0.3) is 5.91 Å². The molecule has 6 nitrogen and oxygen atoms in total. The normalized spacial score (nSPS) is 10.1. The highest BCUT2D eigenvalue weighted by Crippen LogP contribution is 2.17. The molecule has 0 aliphatic rings. The van der Waals surface area contributed by atoms with E-state index in [9.17, 15) is 9.59 Å². The molecule has 0 radical (unpaired) electrons. The van der Waals surface area contributed by atoms with E-state index in [1.165, 1.54) is 19.4 Å². The third kappa shape index (κ3) is 5.42. The number of halogens is 2. The lowest BCUT2D eigenvalue weighted by Crippen LogP contribution is -2.38. The molecule has 1 aromatic heterocycles. The van der Waals surface area contributed by atoms with Gasteiger partial charge in [-0.25, -0.2) is 4.98 Å². The summed E-state index contributed by atoms with van der Waals surface area (Å²) in [5.41, 5.74) is 0.173. The van der Waals surface area contributed by atoms with Crippen LogP contribution in [0.2, 0.25) is 10.2 Å². The largest absolute Gasteiger partial charge is 0.383 e. The van der Waals surface area contributed by atoms with Crippen LogP contribution in [0.15, 0.2) is 12.3 Å². The highest BCUT2D eigenvalue weighted by Gasteiger charge is 2.12. The molecule has 0 unspecified atom stereocenters. The maximum Gasteiger partial charge on any atom is 0.253 e. The standard InChI is InChI=1S/C11H13Cl2N3O3/c1-19-3-2-14-10(17)6-16-11(18)7-4-9(13)15-5-8(7)12/h4-5H,2-3,6H2,1H3,(H,14,17)(H,16,18). The minimum absolute atomic E-state index is 0.152. The smallest absolute Gasteiger partial charge is 0.253 e. The average molecular weight is 306 g/mol. The molecule has 1 heterocycles. The Morgan fingerprint density at radius 3 is 2.79 bits per heavy atom. The monoisotopic (exact) mass is 305 g/mol. The Labute approximate surface area is 120 Å². The average Bonchev–Trinajstić information content (AvgIpc) is 2.39. The van der Waals surface area contributed by atoms with Crippen molar-refractivity contribution in [2.24, 2.45) is 0 Å². The fourth-order valence-corrected chi connectivity index (χ4v) is 1.55. The van der Waals surface area contributed by atoms with Gasteiger partial charge in [0.2, 0.25) is 5.91 Å². The second-order valence-corrected chi connectivity index (χ2v) is 4.31. The summed E-state index contributed by atoms with van der Waals surface area (Å²) in [6.07, 6.45) is 1.28. The lowest BCUT2D eigenvalue weighted by atomic mass is 10.2. The first-order valence-electron chi connectivity index (χ1n) is 5.39. The molecule has 2 amide bonds. The van der Waals surface area contributed by atoms with Crippen LogP contribution < -0.4 is 10.6 Å². The van der Waals surface area contributed by atoms with Gasteiger partial charge in [0, 0.05) is 19.9 Å². The van der Waals surface area contributed by atoms with Crippen LogP contribution in [-0.4, -0.2) is 43.6 Å². The van der Waals surface area contributed by atoms with Crippen molar-refractivity contribution in [3.8, 4) is 0 Å². The Morgan fingerprint density at radius 1 is 1.37 bits per heavy atom. The molecule has 1 rings (SSSR count). The summed E-state index contributed by atoms with van der Waals surface area (Å²) in [6, 6.07) is 1.34. The van der Waals surface area contributed by atoms with E-state index in [0.717, 1.165) is 0 Å². The first-order valence-corrected chi connectivity index (χ1v) is 6.15. The van der Waals surface area contributed by atoms with Gasteiger partial charge < -0.3 is 15.4 Å². The van der Waals surface area contributed by atoms with Gasteiger partial charge >= 0.3 is 0 Å². The molecule has 19 heavy (non-hydrogen) atoms. The van der Waals surface area contributed by atoms with Gasteiger partial charge in [-0.05, 0) is 6.07 Å². The molecule has 0 aromatic carbocycles. The SMILES string of the molecule is COCCNC(=O)CNC(=O)c1cc(Cl)ncc1Cl. The number of nitrogens with zero attached hydrogens (tertiary/aromatic N) is 1. The molecule has 0 aliphatic carbocycles. The number of hydrogen-bond acceptors (Lipinski definition) is 4. The van der Waals surface area contributed by atoms with Crippen LogP contribution >= 0.6 is 23.2 Å². The van der Waals surface area contributed by atoms with Gasteiger partial charge in [-0.1, -0.05) is 23.2 Å². The minimum atomic E-state index is -0.490. The van der Waals surface area contributed by atoms with E-state index in [1.807, 2.05) is 0 Å². The molecule has 0 fully saturated rings. The number of carbonyl (C=O) groups is 2. The number of methoxy groups -OCH3 is 1. The van der Waals surface area contributed by atoms with Crippen molar-refractivity contribution in [3.63, 3.8) is 0 Å². The van der Waals surface area contributed by atoms with Crippen molar-refractivity contribution in [1.82, 2.24) is 15.6 Å². The molecule has 104 valence electrons. The van der Waals surface area contributed by atoms with Crippen LogP contribution in [0.3, 0.4) is 0 Å². The summed E-state index contributed by atoms with van der Waals surface area (Å²) < 4.78 is 4.77. The molecule has 8 heteroatoms. The third-order valence-corrected chi connectivity index (χ3v) is 2.61. The van der Waals surface area contributed by atoms with Gasteiger partial charge in [-0.15, -0.1) is 0 Å². The predicted molar refractivity (Wildman–Crippen MR) is 71.5 cm³/mol. The van der Waals surface area contributed by atoms with Crippen molar-refractivity contribution < 1.29 is 14.3 Å². The molecule has 0 bridgehead atoms. The molecule has 0 saturated heterocycles. The molecule has 0 atom stereocenters. The van der Waals surface area contributed by atoms with Crippen molar-refractivity contribution in [1.29, 1.82) is 0 Å². The zero-order chi connectivity index (χ0) is 14.3. The number of hydrogen-bond donors (Lipinski definition) is 2. The fourth-order valence-electron chi connectivity index (χ4n) is 1.20. The minimum Gasteiger partial charge on any atom is -0.383 e. The second-order valence-electron chi connectivity index (χ2n) is 3.51. The molecule has 0 spiro atoms. The van der Waals surface area contributed by atoms with Crippen LogP contribution in [0.4, 0.5) is 0 Å². The first kappa shape index (κ1) is 15.7. The van der Waals surface area contributed by atoms with Gasteiger partial charge in [0.1, 0.15) is 5.15 Å². The van der Waals surface area contributed by atoms with Crippen LogP contribution in [0.5, 0.6) is 0 Å². The van der Waals surface area contributed by atoms with E-state index in [4.69, 9.17) is 27.9 Å². The van der Waals surface area contributed by atoms with E-state index >= 15 is 0 Å². The lowest BCUT2D eigenvalue weighted by molar-refractivity contribution is -0.120. The summed E-state index contributed by atoms with van der Waals surface area (Å²) in [7, 11) is 1.53. The lowest BCUT2D eigenvalue weighted by Gasteiger charge is -2.07. The number of amides is 2. The van der Waals surface area contributed by atoms with Gasteiger partial charge in [-0.3, -0.25) is 9.59 Å². The Bertz CT molecular complexity index is 468. The van der Waals surface area contributed by atoms with Crippen molar-refractivity contribution in [2.45, 2.75) is 0 Å². The molecular formula is C11H13Cl2N3O3. The van der Waals surface area contributed by atoms with E-state index in [2.05, 4.69) is 15.6 Å². The van der Waals surface area contributed by atoms with E-state index in [-0.39, 0.29) is 28.2 Å². The first-order chi connectivity index (χ1) is 9.04. The van der Waals surface area contributed by atoms with E-state index in [0.29, 0.717) is 13.2 Å². The van der Waals surface area contributed by atoms with Crippen LogP contribution in [0.25, 0.3) is 0 Å². The highest BCUT2D eigenvalue weighted by molar-refractivity contribution is 6.35. The maximum atomic E-state index is 11.8. The number of rotatable bonds is 6. The van der Waals surface area contributed by atoms with E-state index in [1.54, 1.807) is 0 Å². The molecular weight excluding hydrogens is 293 g/mol. The molecule has 2 N–H and O–H groups in total. The summed E-state index contributed by atoms with van der Waals surface area (Å²) in [5.74, 6) is -0.808. The third-order valence-electron chi connectivity index (χ3n) is 2.10. The van der Waals surface area contributed by atoms with Gasteiger partial charge in [0.15, 0.2) is 0 Å². The zero-order valence-corrected chi connectivity index (χ0v) is 11.7. The summed E-state index contributed by atoms with van der Waals surface area (Å²) in [4.78, 5) is 26.8.